The van der Waals surface area contributed by atoms with Crippen LogP contribution in [0.1, 0.15) is 25.0 Å². The second-order valence-corrected chi connectivity index (χ2v) is 5.34. The first kappa shape index (κ1) is 12.7. The molecule has 3 nitrogen and oxygen atoms in total. The van der Waals surface area contributed by atoms with Gasteiger partial charge in [0.25, 0.3) is 0 Å². The summed E-state index contributed by atoms with van der Waals surface area (Å²) in [5.41, 5.74) is 7.48. The lowest BCUT2D eigenvalue weighted by molar-refractivity contribution is -0.0228. The molecule has 0 fully saturated rings. The first-order valence-corrected chi connectivity index (χ1v) is 6.18. The largest absolute Gasteiger partial charge is 0.493 e. The molecule has 1 aromatic rings. The Morgan fingerprint density at radius 1 is 1.47 bits per heavy atom. The van der Waals surface area contributed by atoms with E-state index in [4.69, 9.17) is 26.8 Å². The average molecular weight is 256 g/mol. The maximum atomic E-state index is 6.08. The van der Waals surface area contributed by atoms with Crippen molar-refractivity contribution in [2.45, 2.75) is 32.5 Å². The van der Waals surface area contributed by atoms with Crippen LogP contribution in [-0.2, 0) is 17.8 Å². The highest BCUT2D eigenvalue weighted by molar-refractivity contribution is 6.30. The minimum absolute atomic E-state index is 0.326. The summed E-state index contributed by atoms with van der Waals surface area (Å²) < 4.78 is 11.4. The number of halogens is 1. The minimum Gasteiger partial charge on any atom is -0.493 e. The van der Waals surface area contributed by atoms with Crippen molar-refractivity contribution in [2.75, 3.05) is 13.2 Å². The van der Waals surface area contributed by atoms with E-state index in [1.165, 1.54) is 5.56 Å². The zero-order chi connectivity index (χ0) is 12.5. The molecule has 0 amide bonds. The van der Waals surface area contributed by atoms with E-state index in [-0.39, 0.29) is 5.60 Å². The van der Waals surface area contributed by atoms with Gasteiger partial charge in [-0.1, -0.05) is 11.6 Å². The predicted molar refractivity (Wildman–Crippen MR) is 68.6 cm³/mol. The van der Waals surface area contributed by atoms with Crippen molar-refractivity contribution in [2.24, 2.45) is 5.73 Å². The molecule has 0 aromatic heterocycles. The van der Waals surface area contributed by atoms with Gasteiger partial charge in [-0.05, 0) is 31.5 Å². The molecule has 1 aromatic carbocycles. The Kier molecular flexibility index (Phi) is 3.61. The highest BCUT2D eigenvalue weighted by Crippen LogP contribution is 2.33. The first-order chi connectivity index (χ1) is 8.02. The van der Waals surface area contributed by atoms with Crippen molar-refractivity contribution < 1.29 is 9.47 Å². The molecule has 2 N–H and O–H groups in total. The van der Waals surface area contributed by atoms with Gasteiger partial charge in [-0.15, -0.1) is 0 Å². The van der Waals surface area contributed by atoms with Gasteiger partial charge in [0, 0.05) is 23.6 Å². The highest BCUT2D eigenvalue weighted by Gasteiger charge is 2.21. The fourth-order valence-electron chi connectivity index (χ4n) is 1.79. The number of ether oxygens (including phenoxy) is 2. The normalized spacial score (nSPS) is 14.6. The maximum absolute atomic E-state index is 6.08. The number of hydrogen-bond acceptors (Lipinski definition) is 3. The van der Waals surface area contributed by atoms with Gasteiger partial charge in [-0.3, -0.25) is 0 Å². The van der Waals surface area contributed by atoms with Gasteiger partial charge in [0.1, 0.15) is 5.75 Å². The van der Waals surface area contributed by atoms with Gasteiger partial charge in [0.2, 0.25) is 0 Å². The van der Waals surface area contributed by atoms with E-state index in [9.17, 15) is 0 Å². The molecule has 0 spiro atoms. The fourth-order valence-corrected chi connectivity index (χ4v) is 2.05. The third-order valence-corrected chi connectivity index (χ3v) is 3.15. The second-order valence-electron chi connectivity index (χ2n) is 4.90. The van der Waals surface area contributed by atoms with Crippen LogP contribution in [0.15, 0.2) is 12.1 Å². The Balaban J connectivity index is 2.16. The first-order valence-electron chi connectivity index (χ1n) is 5.80. The zero-order valence-corrected chi connectivity index (χ0v) is 11.0. The van der Waals surface area contributed by atoms with Gasteiger partial charge in [-0.2, -0.15) is 0 Å². The van der Waals surface area contributed by atoms with Crippen molar-refractivity contribution in [1.29, 1.82) is 0 Å². The molecule has 17 heavy (non-hydrogen) atoms. The molecule has 2 rings (SSSR count). The van der Waals surface area contributed by atoms with Gasteiger partial charge in [0.05, 0.1) is 18.8 Å². The van der Waals surface area contributed by atoms with E-state index < -0.39 is 0 Å². The SMILES string of the molecule is CC(C)(CN)OCc1cc(Cl)cc2c1OCC2. The standard InChI is InChI=1S/C13H18ClNO2/c1-13(2,8-15)17-7-10-6-11(14)5-9-3-4-16-12(9)10/h5-6H,3-4,7-8,15H2,1-2H3. The molecule has 0 saturated heterocycles. The van der Waals surface area contributed by atoms with Crippen LogP contribution in [0.2, 0.25) is 5.02 Å². The molecule has 0 unspecified atom stereocenters. The smallest absolute Gasteiger partial charge is 0.128 e. The van der Waals surface area contributed by atoms with Crippen LogP contribution in [0.3, 0.4) is 0 Å². The van der Waals surface area contributed by atoms with E-state index in [1.54, 1.807) is 0 Å². The lowest BCUT2D eigenvalue weighted by Gasteiger charge is -2.23. The molecule has 0 bridgehead atoms. The van der Waals surface area contributed by atoms with Crippen LogP contribution in [0, 0.1) is 0 Å². The van der Waals surface area contributed by atoms with Crippen molar-refractivity contribution in [3.05, 3.63) is 28.3 Å². The summed E-state index contributed by atoms with van der Waals surface area (Å²) in [4.78, 5) is 0. The summed E-state index contributed by atoms with van der Waals surface area (Å²) in [6.45, 7) is 5.63. The number of nitrogens with two attached hydrogens (primary N) is 1. The van der Waals surface area contributed by atoms with Crippen LogP contribution in [0.25, 0.3) is 0 Å². The van der Waals surface area contributed by atoms with Crippen LogP contribution in [-0.4, -0.2) is 18.8 Å². The summed E-state index contributed by atoms with van der Waals surface area (Å²) in [5.74, 6) is 0.933. The van der Waals surface area contributed by atoms with Crippen molar-refractivity contribution in [3.8, 4) is 5.75 Å². The Morgan fingerprint density at radius 3 is 2.94 bits per heavy atom. The average Bonchev–Trinajstić information content (AvgIpc) is 2.73. The summed E-state index contributed by atoms with van der Waals surface area (Å²) in [5, 5.41) is 0.735. The van der Waals surface area contributed by atoms with Crippen molar-refractivity contribution in [1.82, 2.24) is 0 Å². The Bertz CT molecular complexity index is 418. The number of rotatable bonds is 4. The molecule has 0 aliphatic carbocycles. The van der Waals surface area contributed by atoms with Crippen LogP contribution >= 0.6 is 11.6 Å². The van der Waals surface area contributed by atoms with E-state index in [0.717, 1.165) is 29.4 Å². The van der Waals surface area contributed by atoms with E-state index >= 15 is 0 Å². The van der Waals surface area contributed by atoms with Crippen LogP contribution in [0.4, 0.5) is 0 Å². The lowest BCUT2D eigenvalue weighted by atomic mass is 10.1. The topological polar surface area (TPSA) is 44.5 Å². The van der Waals surface area contributed by atoms with E-state index in [2.05, 4.69) is 0 Å². The van der Waals surface area contributed by atoms with Crippen LogP contribution in [0.5, 0.6) is 5.75 Å². The van der Waals surface area contributed by atoms with Crippen molar-refractivity contribution in [3.63, 3.8) is 0 Å². The summed E-state index contributed by atoms with van der Waals surface area (Å²) >= 11 is 6.08. The monoisotopic (exact) mass is 255 g/mol. The third kappa shape index (κ3) is 2.92. The Labute approximate surface area is 107 Å². The number of hydrogen-bond donors (Lipinski definition) is 1. The molecule has 1 heterocycles. The second kappa shape index (κ2) is 4.84. The fraction of sp³-hybridized carbons (Fsp3) is 0.538. The molecule has 0 radical (unpaired) electrons. The zero-order valence-electron chi connectivity index (χ0n) is 10.3. The number of fused-ring (bicyclic) bond motifs is 1. The van der Waals surface area contributed by atoms with E-state index in [1.807, 2.05) is 26.0 Å². The van der Waals surface area contributed by atoms with Crippen molar-refractivity contribution >= 4 is 11.6 Å². The van der Waals surface area contributed by atoms with Gasteiger partial charge >= 0.3 is 0 Å². The van der Waals surface area contributed by atoms with Gasteiger partial charge in [0.15, 0.2) is 0 Å². The third-order valence-electron chi connectivity index (χ3n) is 2.94. The Hall–Kier alpha value is -0.770. The molecule has 4 heteroatoms. The molecule has 94 valence electrons. The molecule has 1 aliphatic rings. The molecular weight excluding hydrogens is 238 g/mol. The van der Waals surface area contributed by atoms with Gasteiger partial charge in [-0.25, -0.2) is 0 Å². The summed E-state index contributed by atoms with van der Waals surface area (Å²) in [6, 6.07) is 3.86. The predicted octanol–water partition coefficient (Wildman–Crippen LogP) is 2.53. The minimum atomic E-state index is -0.326. The van der Waals surface area contributed by atoms with Gasteiger partial charge < -0.3 is 15.2 Å². The highest BCUT2D eigenvalue weighted by atomic mass is 35.5. The number of benzene rings is 1. The molecular formula is C13H18ClNO2. The summed E-state index contributed by atoms with van der Waals surface area (Å²) in [7, 11) is 0. The molecule has 1 aliphatic heterocycles. The molecule has 0 saturated carbocycles. The lowest BCUT2D eigenvalue weighted by Crippen LogP contribution is -2.33. The maximum Gasteiger partial charge on any atom is 0.128 e. The Morgan fingerprint density at radius 2 is 2.24 bits per heavy atom. The van der Waals surface area contributed by atoms with E-state index in [0.29, 0.717) is 13.2 Å². The quantitative estimate of drug-likeness (QED) is 0.899. The molecule has 0 atom stereocenters. The van der Waals surface area contributed by atoms with Crippen LogP contribution < -0.4 is 10.5 Å². The summed E-state index contributed by atoms with van der Waals surface area (Å²) in [6.07, 6.45) is 0.920.